The maximum Gasteiger partial charge on any atom is 0.119 e. The van der Waals surface area contributed by atoms with Crippen molar-refractivity contribution in [3.8, 4) is 5.75 Å². The fourth-order valence-electron chi connectivity index (χ4n) is 3.38. The molecule has 0 atom stereocenters. The molecular formula is C26H28ClNO. The zero-order valence-corrected chi connectivity index (χ0v) is 17.9. The molecule has 0 unspecified atom stereocenters. The zero-order chi connectivity index (χ0) is 20.5. The molecule has 150 valence electrons. The van der Waals surface area contributed by atoms with E-state index < -0.39 is 0 Å². The molecule has 0 aliphatic carbocycles. The van der Waals surface area contributed by atoms with E-state index in [0.29, 0.717) is 12.6 Å². The van der Waals surface area contributed by atoms with Crippen molar-refractivity contribution in [3.63, 3.8) is 0 Å². The van der Waals surface area contributed by atoms with Gasteiger partial charge in [-0.15, -0.1) is 11.6 Å². The van der Waals surface area contributed by atoms with Gasteiger partial charge in [0.15, 0.2) is 0 Å². The van der Waals surface area contributed by atoms with Crippen LogP contribution in [0.25, 0.3) is 11.1 Å². The van der Waals surface area contributed by atoms with Crippen LogP contribution in [0.3, 0.4) is 0 Å². The number of hydrogen-bond donors (Lipinski definition) is 0. The van der Waals surface area contributed by atoms with Gasteiger partial charge in [0, 0.05) is 6.54 Å². The van der Waals surface area contributed by atoms with Gasteiger partial charge >= 0.3 is 0 Å². The largest absolute Gasteiger partial charge is 0.492 e. The third-order valence-electron chi connectivity index (χ3n) is 4.93. The molecule has 0 bridgehead atoms. The van der Waals surface area contributed by atoms with Crippen LogP contribution >= 0.6 is 11.6 Å². The molecule has 29 heavy (non-hydrogen) atoms. The van der Waals surface area contributed by atoms with Crippen LogP contribution < -0.4 is 4.74 Å². The van der Waals surface area contributed by atoms with E-state index in [4.69, 9.17) is 16.3 Å². The molecule has 3 aromatic carbocycles. The van der Waals surface area contributed by atoms with Crippen LogP contribution in [0.1, 0.15) is 30.0 Å². The first-order valence-corrected chi connectivity index (χ1v) is 10.6. The fourth-order valence-corrected chi connectivity index (χ4v) is 3.50. The van der Waals surface area contributed by atoms with Crippen LogP contribution in [0, 0.1) is 0 Å². The van der Waals surface area contributed by atoms with Gasteiger partial charge in [0.05, 0.1) is 6.00 Å². The normalized spacial score (nSPS) is 12.0. The third-order valence-corrected chi connectivity index (χ3v) is 5.34. The number of halogens is 1. The Morgan fingerprint density at radius 1 is 0.793 bits per heavy atom. The minimum Gasteiger partial charge on any atom is -0.492 e. The first kappa shape index (κ1) is 21.2. The molecule has 0 aliphatic heterocycles. The Hall–Kier alpha value is -2.55. The molecule has 0 radical (unpaired) electrons. The molecule has 0 aromatic heterocycles. The molecule has 0 spiro atoms. The summed E-state index contributed by atoms with van der Waals surface area (Å²) in [4.78, 5) is 2.01. The minimum absolute atomic E-state index is 0.507. The second-order valence-corrected chi connectivity index (χ2v) is 7.25. The Balaban J connectivity index is 1.94. The molecule has 3 rings (SSSR count). The van der Waals surface area contributed by atoms with E-state index in [9.17, 15) is 0 Å². The maximum atomic E-state index is 5.87. The Morgan fingerprint density at radius 2 is 1.34 bits per heavy atom. The lowest BCUT2D eigenvalue weighted by Gasteiger charge is -2.17. The van der Waals surface area contributed by atoms with Crippen LogP contribution in [0.5, 0.6) is 5.75 Å². The van der Waals surface area contributed by atoms with Gasteiger partial charge in [0.2, 0.25) is 0 Å². The van der Waals surface area contributed by atoms with Crippen LogP contribution in [0.4, 0.5) is 0 Å². The molecule has 0 heterocycles. The summed E-state index contributed by atoms with van der Waals surface area (Å²) in [6.07, 6.45) is 0.956. The highest BCUT2D eigenvalue weighted by molar-refractivity contribution is 6.17. The van der Waals surface area contributed by atoms with Crippen LogP contribution in [-0.4, -0.2) is 31.1 Å². The molecule has 0 aliphatic rings. The van der Waals surface area contributed by atoms with Crippen LogP contribution in [0.2, 0.25) is 0 Å². The zero-order valence-electron chi connectivity index (χ0n) is 17.1. The standard InChI is InChI=1S/C26H28ClNO/c1-3-25(21-10-6-4-7-11-21)26(22-12-8-5-9-13-22)23-14-16-24(17-15-23)29-19-18-28(2)20-27/h4-17H,3,18-20H2,1-2H3. The number of likely N-dealkylation sites (N-methyl/N-ethyl adjacent to an activating group) is 1. The van der Waals surface area contributed by atoms with Crippen molar-refractivity contribution in [3.05, 3.63) is 102 Å². The smallest absolute Gasteiger partial charge is 0.119 e. The summed E-state index contributed by atoms with van der Waals surface area (Å²) in [5, 5.41) is 0. The van der Waals surface area contributed by atoms with Gasteiger partial charge < -0.3 is 4.74 Å². The number of nitrogens with zero attached hydrogens (tertiary/aromatic N) is 1. The summed E-state index contributed by atoms with van der Waals surface area (Å²) >= 11 is 5.81. The number of ether oxygens (including phenoxy) is 1. The predicted octanol–water partition coefficient (Wildman–Crippen LogP) is 6.56. The lowest BCUT2D eigenvalue weighted by molar-refractivity contribution is 0.255. The second-order valence-electron chi connectivity index (χ2n) is 7.01. The molecule has 3 aromatic rings. The highest BCUT2D eigenvalue weighted by atomic mass is 35.5. The Bertz CT molecular complexity index is 904. The molecule has 0 saturated heterocycles. The summed E-state index contributed by atoms with van der Waals surface area (Å²) in [7, 11) is 1.98. The van der Waals surface area contributed by atoms with Crippen molar-refractivity contribution in [2.45, 2.75) is 13.3 Å². The van der Waals surface area contributed by atoms with E-state index in [1.165, 1.54) is 27.8 Å². The molecular weight excluding hydrogens is 378 g/mol. The summed E-state index contributed by atoms with van der Waals surface area (Å²) < 4.78 is 5.87. The molecule has 0 N–H and O–H groups in total. The van der Waals surface area contributed by atoms with Crippen molar-refractivity contribution >= 4 is 22.7 Å². The number of benzene rings is 3. The van der Waals surface area contributed by atoms with Crippen molar-refractivity contribution in [1.29, 1.82) is 0 Å². The van der Waals surface area contributed by atoms with Gasteiger partial charge in [-0.3, -0.25) is 4.90 Å². The van der Waals surface area contributed by atoms with E-state index in [1.54, 1.807) is 0 Å². The maximum absolute atomic E-state index is 5.87. The topological polar surface area (TPSA) is 12.5 Å². The van der Waals surface area contributed by atoms with Gasteiger partial charge in [0.25, 0.3) is 0 Å². The van der Waals surface area contributed by atoms with Crippen molar-refractivity contribution in [1.82, 2.24) is 4.90 Å². The molecule has 0 fully saturated rings. The van der Waals surface area contributed by atoms with Gasteiger partial charge in [-0.25, -0.2) is 0 Å². The van der Waals surface area contributed by atoms with E-state index in [0.717, 1.165) is 18.7 Å². The van der Waals surface area contributed by atoms with E-state index in [1.807, 2.05) is 11.9 Å². The fraction of sp³-hybridized carbons (Fsp3) is 0.231. The van der Waals surface area contributed by atoms with Gasteiger partial charge in [-0.1, -0.05) is 79.7 Å². The first-order valence-electron chi connectivity index (χ1n) is 10.0. The highest BCUT2D eigenvalue weighted by Gasteiger charge is 2.13. The van der Waals surface area contributed by atoms with Gasteiger partial charge in [-0.2, -0.15) is 0 Å². The van der Waals surface area contributed by atoms with Gasteiger partial charge in [0.1, 0.15) is 12.4 Å². The number of rotatable bonds is 9. The summed E-state index contributed by atoms with van der Waals surface area (Å²) in [5.74, 6) is 0.877. The first-order chi connectivity index (χ1) is 14.2. The van der Waals surface area contributed by atoms with Crippen LogP contribution in [0.15, 0.2) is 84.9 Å². The quantitative estimate of drug-likeness (QED) is 0.227. The predicted molar refractivity (Wildman–Crippen MR) is 124 cm³/mol. The average molecular weight is 406 g/mol. The number of hydrogen-bond acceptors (Lipinski definition) is 2. The number of alkyl halides is 1. The van der Waals surface area contributed by atoms with E-state index in [-0.39, 0.29) is 0 Å². The SMILES string of the molecule is CCC(=C(c1ccccc1)c1ccc(OCCN(C)CCl)cc1)c1ccccc1. The summed E-state index contributed by atoms with van der Waals surface area (Å²) in [6.45, 7) is 3.64. The monoisotopic (exact) mass is 405 g/mol. The van der Waals surface area contributed by atoms with Gasteiger partial charge in [-0.05, 0) is 53.4 Å². The Kier molecular flexibility index (Phi) is 7.92. The van der Waals surface area contributed by atoms with Crippen molar-refractivity contribution in [2.75, 3.05) is 26.2 Å². The third kappa shape index (κ3) is 5.72. The Labute approximate surface area is 179 Å². The Morgan fingerprint density at radius 3 is 1.90 bits per heavy atom. The minimum atomic E-state index is 0.507. The average Bonchev–Trinajstić information content (AvgIpc) is 2.79. The van der Waals surface area contributed by atoms with E-state index in [2.05, 4.69) is 91.9 Å². The summed E-state index contributed by atoms with van der Waals surface area (Å²) in [5.41, 5.74) is 6.30. The van der Waals surface area contributed by atoms with Crippen LogP contribution in [-0.2, 0) is 0 Å². The molecule has 0 amide bonds. The van der Waals surface area contributed by atoms with Crippen molar-refractivity contribution in [2.24, 2.45) is 0 Å². The number of allylic oxidation sites excluding steroid dienone is 1. The van der Waals surface area contributed by atoms with Crippen molar-refractivity contribution < 1.29 is 4.74 Å². The summed E-state index contributed by atoms with van der Waals surface area (Å²) in [6, 6.07) is 30.2. The molecule has 3 heteroatoms. The second kappa shape index (κ2) is 10.8. The lowest BCUT2D eigenvalue weighted by atomic mass is 9.88. The molecule has 2 nitrogen and oxygen atoms in total. The van der Waals surface area contributed by atoms with E-state index >= 15 is 0 Å². The molecule has 0 saturated carbocycles. The lowest BCUT2D eigenvalue weighted by Crippen LogP contribution is -2.22. The highest BCUT2D eigenvalue weighted by Crippen LogP contribution is 2.34.